The highest BCUT2D eigenvalue weighted by Crippen LogP contribution is 2.15. The van der Waals surface area contributed by atoms with Crippen molar-refractivity contribution in [1.82, 2.24) is 10.6 Å². The molecule has 1 fully saturated rings. The van der Waals surface area contributed by atoms with Gasteiger partial charge in [-0.3, -0.25) is 4.79 Å². The molecule has 0 aliphatic carbocycles. The number of hydrogen-bond donors (Lipinski definition) is 2. The Morgan fingerprint density at radius 2 is 2.20 bits per heavy atom. The zero-order chi connectivity index (χ0) is 10.7. The number of halogens is 1. The molecular formula is C11H13BrN2O. The van der Waals surface area contributed by atoms with Gasteiger partial charge < -0.3 is 10.6 Å². The lowest BCUT2D eigenvalue weighted by Gasteiger charge is -2.27. The van der Waals surface area contributed by atoms with E-state index in [1.165, 1.54) is 0 Å². The van der Waals surface area contributed by atoms with E-state index >= 15 is 0 Å². The molecule has 0 spiro atoms. The summed E-state index contributed by atoms with van der Waals surface area (Å²) in [5.74, 6) is 0.589. The van der Waals surface area contributed by atoms with E-state index in [1.54, 1.807) is 0 Å². The van der Waals surface area contributed by atoms with Gasteiger partial charge >= 0.3 is 0 Å². The summed E-state index contributed by atoms with van der Waals surface area (Å²) >= 11 is 3.36. The topological polar surface area (TPSA) is 41.1 Å². The fraction of sp³-hybridized carbons (Fsp3) is 0.364. The van der Waals surface area contributed by atoms with Gasteiger partial charge in [0.15, 0.2) is 0 Å². The summed E-state index contributed by atoms with van der Waals surface area (Å²) in [6.45, 7) is 2.78. The van der Waals surface area contributed by atoms with Crippen LogP contribution in [0.25, 0.3) is 0 Å². The molecule has 1 aliphatic rings. The van der Waals surface area contributed by atoms with E-state index in [0.717, 1.165) is 24.1 Å². The quantitative estimate of drug-likeness (QED) is 0.870. The standard InChI is InChI=1S/C11H13BrN2O/c12-10-4-2-1-3-9(10)11(15)14-7-8-5-13-6-8/h1-4,8,13H,5-7H2,(H,14,15). The van der Waals surface area contributed by atoms with Crippen molar-refractivity contribution in [3.8, 4) is 0 Å². The minimum Gasteiger partial charge on any atom is -0.352 e. The molecule has 0 unspecified atom stereocenters. The second-order valence-corrected chi connectivity index (χ2v) is 4.57. The van der Waals surface area contributed by atoms with E-state index < -0.39 is 0 Å². The van der Waals surface area contributed by atoms with Crippen LogP contribution in [0.4, 0.5) is 0 Å². The highest BCUT2D eigenvalue weighted by Gasteiger charge is 2.18. The zero-order valence-corrected chi connectivity index (χ0v) is 9.88. The van der Waals surface area contributed by atoms with E-state index in [1.807, 2.05) is 24.3 Å². The Bertz CT molecular complexity index is 363. The van der Waals surface area contributed by atoms with Crippen molar-refractivity contribution in [3.05, 3.63) is 34.3 Å². The molecule has 0 bridgehead atoms. The Morgan fingerprint density at radius 1 is 1.47 bits per heavy atom. The minimum absolute atomic E-state index is 0.00521. The number of amides is 1. The van der Waals surface area contributed by atoms with Gasteiger partial charge in [-0.25, -0.2) is 0 Å². The predicted molar refractivity (Wildman–Crippen MR) is 62.8 cm³/mol. The fourth-order valence-electron chi connectivity index (χ4n) is 1.47. The van der Waals surface area contributed by atoms with Crippen molar-refractivity contribution in [1.29, 1.82) is 0 Å². The van der Waals surface area contributed by atoms with Crippen LogP contribution in [0.3, 0.4) is 0 Å². The Labute approximate surface area is 97.4 Å². The first-order valence-corrected chi connectivity index (χ1v) is 5.80. The Hall–Kier alpha value is -0.870. The van der Waals surface area contributed by atoms with E-state index in [0.29, 0.717) is 11.5 Å². The third-order valence-corrected chi connectivity index (χ3v) is 3.23. The van der Waals surface area contributed by atoms with E-state index in [4.69, 9.17) is 0 Å². The van der Waals surface area contributed by atoms with E-state index in [9.17, 15) is 4.79 Å². The third kappa shape index (κ3) is 2.58. The summed E-state index contributed by atoms with van der Waals surface area (Å²) in [6.07, 6.45) is 0. The average molecular weight is 269 g/mol. The van der Waals surface area contributed by atoms with Crippen LogP contribution in [0.2, 0.25) is 0 Å². The Morgan fingerprint density at radius 3 is 2.80 bits per heavy atom. The number of carbonyl (C=O) groups is 1. The molecule has 1 saturated heterocycles. The normalized spacial score (nSPS) is 15.8. The molecule has 2 N–H and O–H groups in total. The number of benzene rings is 1. The van der Waals surface area contributed by atoms with Gasteiger partial charge in [0.25, 0.3) is 5.91 Å². The first kappa shape index (κ1) is 10.6. The van der Waals surface area contributed by atoms with Crippen LogP contribution in [0.1, 0.15) is 10.4 Å². The van der Waals surface area contributed by atoms with Crippen LogP contribution in [-0.2, 0) is 0 Å². The van der Waals surface area contributed by atoms with Crippen LogP contribution < -0.4 is 10.6 Å². The van der Waals surface area contributed by atoms with Crippen molar-refractivity contribution in [3.63, 3.8) is 0 Å². The summed E-state index contributed by atoms with van der Waals surface area (Å²) < 4.78 is 0.842. The van der Waals surface area contributed by atoms with Crippen LogP contribution >= 0.6 is 15.9 Å². The van der Waals surface area contributed by atoms with Crippen LogP contribution in [-0.4, -0.2) is 25.5 Å². The Kier molecular flexibility index (Phi) is 3.38. The van der Waals surface area contributed by atoms with Gasteiger partial charge in [0.2, 0.25) is 0 Å². The fourth-order valence-corrected chi connectivity index (χ4v) is 1.94. The van der Waals surface area contributed by atoms with Crippen molar-refractivity contribution in [2.24, 2.45) is 5.92 Å². The summed E-state index contributed by atoms with van der Waals surface area (Å²) in [5.41, 5.74) is 0.699. The lowest BCUT2D eigenvalue weighted by molar-refractivity contribution is 0.0941. The van der Waals surface area contributed by atoms with Crippen LogP contribution in [0, 0.1) is 5.92 Å². The van der Waals surface area contributed by atoms with Crippen LogP contribution in [0.5, 0.6) is 0 Å². The average Bonchev–Trinajstić information content (AvgIpc) is 2.16. The molecule has 1 heterocycles. The minimum atomic E-state index is -0.00521. The summed E-state index contributed by atoms with van der Waals surface area (Å²) in [7, 11) is 0. The largest absolute Gasteiger partial charge is 0.352 e. The van der Waals surface area contributed by atoms with Gasteiger partial charge in [-0.15, -0.1) is 0 Å². The van der Waals surface area contributed by atoms with Gasteiger partial charge in [-0.2, -0.15) is 0 Å². The van der Waals surface area contributed by atoms with Gasteiger partial charge in [0.1, 0.15) is 0 Å². The van der Waals surface area contributed by atoms with Gasteiger partial charge in [0.05, 0.1) is 5.56 Å². The molecule has 0 aromatic heterocycles. The molecule has 3 nitrogen and oxygen atoms in total. The second kappa shape index (κ2) is 4.77. The molecule has 0 radical (unpaired) electrons. The van der Waals surface area contributed by atoms with Crippen molar-refractivity contribution in [2.45, 2.75) is 0 Å². The summed E-state index contributed by atoms with van der Waals surface area (Å²) in [6, 6.07) is 7.46. The van der Waals surface area contributed by atoms with Crippen molar-refractivity contribution >= 4 is 21.8 Å². The van der Waals surface area contributed by atoms with Crippen molar-refractivity contribution < 1.29 is 4.79 Å². The molecule has 15 heavy (non-hydrogen) atoms. The molecule has 4 heteroatoms. The number of hydrogen-bond acceptors (Lipinski definition) is 2. The molecule has 1 aromatic rings. The molecule has 80 valence electrons. The molecule has 2 rings (SSSR count). The van der Waals surface area contributed by atoms with Gasteiger partial charge in [-0.05, 0) is 28.1 Å². The second-order valence-electron chi connectivity index (χ2n) is 3.71. The molecule has 1 amide bonds. The van der Waals surface area contributed by atoms with E-state index in [-0.39, 0.29) is 5.91 Å². The first-order chi connectivity index (χ1) is 7.27. The maximum absolute atomic E-state index is 11.7. The first-order valence-electron chi connectivity index (χ1n) is 5.01. The lowest BCUT2D eigenvalue weighted by atomic mass is 10.0. The highest BCUT2D eigenvalue weighted by molar-refractivity contribution is 9.10. The highest BCUT2D eigenvalue weighted by atomic mass is 79.9. The molecule has 0 atom stereocenters. The van der Waals surface area contributed by atoms with Gasteiger partial charge in [-0.1, -0.05) is 12.1 Å². The van der Waals surface area contributed by atoms with Gasteiger partial charge in [0, 0.05) is 30.0 Å². The van der Waals surface area contributed by atoms with Crippen molar-refractivity contribution in [2.75, 3.05) is 19.6 Å². The molecular weight excluding hydrogens is 256 g/mol. The smallest absolute Gasteiger partial charge is 0.252 e. The number of carbonyl (C=O) groups excluding carboxylic acids is 1. The molecule has 1 aromatic carbocycles. The van der Waals surface area contributed by atoms with E-state index in [2.05, 4.69) is 26.6 Å². The van der Waals surface area contributed by atoms with Crippen LogP contribution in [0.15, 0.2) is 28.7 Å². The molecule has 1 aliphatic heterocycles. The maximum Gasteiger partial charge on any atom is 0.252 e. The third-order valence-electron chi connectivity index (χ3n) is 2.54. The summed E-state index contributed by atoms with van der Waals surface area (Å²) in [4.78, 5) is 11.7. The maximum atomic E-state index is 11.7. The monoisotopic (exact) mass is 268 g/mol. The summed E-state index contributed by atoms with van der Waals surface area (Å²) in [5, 5.41) is 6.11. The zero-order valence-electron chi connectivity index (χ0n) is 8.29. The number of rotatable bonds is 3. The number of nitrogens with one attached hydrogen (secondary N) is 2. The SMILES string of the molecule is O=C(NCC1CNC1)c1ccccc1Br. The predicted octanol–water partition coefficient (Wildman–Crippen LogP) is 1.40. The molecule has 0 saturated carbocycles. The Balaban J connectivity index is 1.92. The lowest BCUT2D eigenvalue weighted by Crippen LogP contribution is -2.48.